The van der Waals surface area contributed by atoms with Crippen molar-refractivity contribution in [3.63, 3.8) is 0 Å². The molecule has 0 fully saturated rings. The van der Waals surface area contributed by atoms with Gasteiger partial charge in [-0.3, -0.25) is 14.8 Å². The molecule has 0 radical (unpaired) electrons. The highest BCUT2D eigenvalue weighted by atomic mass is 16.4. The summed E-state index contributed by atoms with van der Waals surface area (Å²) in [6.07, 6.45) is 0.696. The van der Waals surface area contributed by atoms with Crippen molar-refractivity contribution in [2.45, 2.75) is 20.3 Å². The summed E-state index contributed by atoms with van der Waals surface area (Å²) < 4.78 is 1.64. The first-order chi connectivity index (χ1) is 8.43. The molecule has 1 aromatic heterocycles. The standard InChI is InChI=1S/C11H18N4O3/c1-4-5-15(7-10(16)17)11(18)12-9-6-8(2)14(3)13-9/h6H,4-5,7H2,1-3H3,(H,16,17)(H,12,13,18). The molecule has 0 aliphatic heterocycles. The predicted molar refractivity (Wildman–Crippen MR) is 66.5 cm³/mol. The van der Waals surface area contributed by atoms with Crippen LogP contribution < -0.4 is 5.32 Å². The van der Waals surface area contributed by atoms with Gasteiger partial charge in [-0.1, -0.05) is 6.92 Å². The summed E-state index contributed by atoms with van der Waals surface area (Å²) in [5.74, 6) is -0.609. The summed E-state index contributed by atoms with van der Waals surface area (Å²) in [5, 5.41) is 15.4. The molecule has 2 N–H and O–H groups in total. The maximum Gasteiger partial charge on any atom is 0.323 e. The average molecular weight is 254 g/mol. The molecule has 0 aromatic carbocycles. The van der Waals surface area contributed by atoms with E-state index in [2.05, 4.69) is 10.4 Å². The largest absolute Gasteiger partial charge is 0.480 e. The number of carbonyl (C=O) groups excluding carboxylic acids is 1. The number of anilines is 1. The molecule has 2 amide bonds. The summed E-state index contributed by atoms with van der Waals surface area (Å²) in [7, 11) is 1.77. The van der Waals surface area contributed by atoms with E-state index in [1.165, 1.54) is 4.90 Å². The molecule has 0 atom stereocenters. The molecule has 0 saturated carbocycles. The van der Waals surface area contributed by atoms with Crippen LogP contribution in [-0.4, -0.2) is 44.9 Å². The number of urea groups is 1. The zero-order chi connectivity index (χ0) is 13.7. The molecule has 0 bridgehead atoms. The van der Waals surface area contributed by atoms with Gasteiger partial charge in [0.05, 0.1) is 0 Å². The number of carbonyl (C=O) groups is 2. The lowest BCUT2D eigenvalue weighted by Crippen LogP contribution is -2.39. The minimum Gasteiger partial charge on any atom is -0.480 e. The first-order valence-corrected chi connectivity index (χ1v) is 5.72. The topological polar surface area (TPSA) is 87.5 Å². The maximum atomic E-state index is 11.9. The molecule has 100 valence electrons. The third kappa shape index (κ3) is 3.76. The van der Waals surface area contributed by atoms with Gasteiger partial charge in [0.25, 0.3) is 0 Å². The summed E-state index contributed by atoms with van der Waals surface area (Å²) in [6.45, 7) is 3.83. The highest BCUT2D eigenvalue weighted by Gasteiger charge is 2.16. The van der Waals surface area contributed by atoms with Gasteiger partial charge in [-0.25, -0.2) is 4.79 Å². The van der Waals surface area contributed by atoms with Crippen LogP contribution in [0.4, 0.5) is 10.6 Å². The maximum absolute atomic E-state index is 11.9. The second-order valence-corrected chi connectivity index (χ2v) is 4.04. The van der Waals surface area contributed by atoms with Crippen LogP contribution in [0.2, 0.25) is 0 Å². The third-order valence-corrected chi connectivity index (χ3v) is 2.46. The van der Waals surface area contributed by atoms with E-state index in [-0.39, 0.29) is 6.54 Å². The van der Waals surface area contributed by atoms with Gasteiger partial charge in [-0.2, -0.15) is 5.10 Å². The van der Waals surface area contributed by atoms with Gasteiger partial charge < -0.3 is 10.0 Å². The molecule has 1 rings (SSSR count). The van der Waals surface area contributed by atoms with Crippen LogP contribution >= 0.6 is 0 Å². The Morgan fingerprint density at radius 2 is 2.22 bits per heavy atom. The van der Waals surface area contributed by atoms with Gasteiger partial charge in [0, 0.05) is 25.4 Å². The lowest BCUT2D eigenvalue weighted by atomic mass is 10.4. The summed E-state index contributed by atoms with van der Waals surface area (Å²) >= 11 is 0. The second-order valence-electron chi connectivity index (χ2n) is 4.04. The number of nitrogens with one attached hydrogen (secondary N) is 1. The Hall–Kier alpha value is -2.05. The monoisotopic (exact) mass is 254 g/mol. The number of hydrogen-bond donors (Lipinski definition) is 2. The smallest absolute Gasteiger partial charge is 0.323 e. The first kappa shape index (κ1) is 14.0. The predicted octanol–water partition coefficient (Wildman–Crippen LogP) is 1.06. The molecule has 0 aliphatic carbocycles. The Balaban J connectivity index is 2.68. The van der Waals surface area contributed by atoms with Crippen LogP contribution in [0.25, 0.3) is 0 Å². The SMILES string of the molecule is CCCN(CC(=O)O)C(=O)Nc1cc(C)n(C)n1. The van der Waals surface area contributed by atoms with Crippen molar-refractivity contribution in [2.75, 3.05) is 18.4 Å². The van der Waals surface area contributed by atoms with Crippen LogP contribution in [0.5, 0.6) is 0 Å². The number of aliphatic carboxylic acids is 1. The number of rotatable bonds is 5. The lowest BCUT2D eigenvalue weighted by molar-refractivity contribution is -0.137. The van der Waals surface area contributed by atoms with Gasteiger partial charge in [0.15, 0.2) is 5.82 Å². The molecule has 7 heteroatoms. The summed E-state index contributed by atoms with van der Waals surface area (Å²) in [4.78, 5) is 23.8. The number of amides is 2. The first-order valence-electron chi connectivity index (χ1n) is 5.72. The molecule has 0 unspecified atom stereocenters. The number of aryl methyl sites for hydroxylation is 2. The fourth-order valence-corrected chi connectivity index (χ4v) is 1.50. The normalized spacial score (nSPS) is 10.2. The van der Waals surface area contributed by atoms with E-state index in [4.69, 9.17) is 5.11 Å². The molecule has 0 spiro atoms. The molecule has 1 aromatic rings. The van der Waals surface area contributed by atoms with E-state index in [1.54, 1.807) is 17.8 Å². The molecular formula is C11H18N4O3. The van der Waals surface area contributed by atoms with Crippen molar-refractivity contribution in [1.82, 2.24) is 14.7 Å². The van der Waals surface area contributed by atoms with E-state index in [0.717, 1.165) is 5.69 Å². The number of hydrogen-bond acceptors (Lipinski definition) is 3. The number of carboxylic acids is 1. The van der Waals surface area contributed by atoms with Gasteiger partial charge in [0.2, 0.25) is 0 Å². The van der Waals surface area contributed by atoms with Crippen molar-refractivity contribution in [1.29, 1.82) is 0 Å². The summed E-state index contributed by atoms with van der Waals surface area (Å²) in [6, 6.07) is 1.28. The van der Waals surface area contributed by atoms with Gasteiger partial charge in [-0.15, -0.1) is 0 Å². The van der Waals surface area contributed by atoms with Crippen molar-refractivity contribution in [2.24, 2.45) is 7.05 Å². The second kappa shape index (κ2) is 6.04. The molecule has 0 aliphatic rings. The van der Waals surface area contributed by atoms with Crippen molar-refractivity contribution < 1.29 is 14.7 Å². The van der Waals surface area contributed by atoms with E-state index in [1.807, 2.05) is 13.8 Å². The number of nitrogens with zero attached hydrogens (tertiary/aromatic N) is 3. The Kier molecular flexibility index (Phi) is 4.70. The van der Waals surface area contributed by atoms with Crippen LogP contribution in [0.1, 0.15) is 19.0 Å². The molecule has 0 saturated heterocycles. The van der Waals surface area contributed by atoms with Crippen molar-refractivity contribution in [3.05, 3.63) is 11.8 Å². The number of aromatic nitrogens is 2. The zero-order valence-electron chi connectivity index (χ0n) is 10.8. The fourth-order valence-electron chi connectivity index (χ4n) is 1.50. The Morgan fingerprint density at radius 1 is 1.56 bits per heavy atom. The van der Waals surface area contributed by atoms with Gasteiger partial charge in [0.1, 0.15) is 6.54 Å². The van der Waals surface area contributed by atoms with Crippen LogP contribution in [0, 0.1) is 6.92 Å². The molecule has 7 nitrogen and oxygen atoms in total. The molecule has 18 heavy (non-hydrogen) atoms. The fraction of sp³-hybridized carbons (Fsp3) is 0.545. The van der Waals surface area contributed by atoms with Crippen molar-refractivity contribution >= 4 is 17.8 Å². The zero-order valence-corrected chi connectivity index (χ0v) is 10.8. The van der Waals surface area contributed by atoms with Crippen LogP contribution in [0.3, 0.4) is 0 Å². The Labute approximate surface area is 105 Å². The molecular weight excluding hydrogens is 236 g/mol. The number of carboxylic acid groups (broad SMARTS) is 1. The minimum absolute atomic E-state index is 0.314. The average Bonchev–Trinajstić information content (AvgIpc) is 2.56. The van der Waals surface area contributed by atoms with Crippen LogP contribution in [0.15, 0.2) is 6.07 Å². The van der Waals surface area contributed by atoms with E-state index in [9.17, 15) is 9.59 Å². The summed E-state index contributed by atoms with van der Waals surface area (Å²) in [5.41, 5.74) is 0.908. The van der Waals surface area contributed by atoms with E-state index in [0.29, 0.717) is 18.8 Å². The quantitative estimate of drug-likeness (QED) is 0.822. The van der Waals surface area contributed by atoms with Gasteiger partial charge in [-0.05, 0) is 13.3 Å². The molecule has 1 heterocycles. The highest BCUT2D eigenvalue weighted by Crippen LogP contribution is 2.08. The Bertz CT molecular complexity index is 422. The third-order valence-electron chi connectivity index (χ3n) is 2.46. The minimum atomic E-state index is -1.03. The van der Waals surface area contributed by atoms with Crippen molar-refractivity contribution in [3.8, 4) is 0 Å². The van der Waals surface area contributed by atoms with E-state index >= 15 is 0 Å². The van der Waals surface area contributed by atoms with E-state index < -0.39 is 12.0 Å². The highest BCUT2D eigenvalue weighted by molar-refractivity contribution is 5.90. The van der Waals surface area contributed by atoms with Gasteiger partial charge >= 0.3 is 12.0 Å². The van der Waals surface area contributed by atoms with Crippen LogP contribution in [-0.2, 0) is 11.8 Å². The Morgan fingerprint density at radius 3 is 2.67 bits per heavy atom. The lowest BCUT2D eigenvalue weighted by Gasteiger charge is -2.19.